The van der Waals surface area contributed by atoms with Crippen LogP contribution < -0.4 is 4.74 Å². The fourth-order valence-corrected chi connectivity index (χ4v) is 1.60. The molecule has 20 heavy (non-hydrogen) atoms. The Morgan fingerprint density at radius 3 is 2.45 bits per heavy atom. The Labute approximate surface area is 122 Å². The quantitative estimate of drug-likeness (QED) is 0.589. The van der Waals surface area contributed by atoms with E-state index in [9.17, 15) is 4.39 Å². The molecule has 2 nitrogen and oxygen atoms in total. The molecular weight excluding hydrogens is 279 g/mol. The molecule has 0 atom stereocenters. The summed E-state index contributed by atoms with van der Waals surface area (Å²) in [6, 6.07) is 11.9. The van der Waals surface area contributed by atoms with Gasteiger partial charge in [-0.3, -0.25) is 4.79 Å². The summed E-state index contributed by atoms with van der Waals surface area (Å²) in [5, 5.41) is 0. The van der Waals surface area contributed by atoms with Crippen molar-refractivity contribution in [2.24, 2.45) is 0 Å². The van der Waals surface area contributed by atoms with Gasteiger partial charge in [0, 0.05) is 0 Å². The molecule has 0 heterocycles. The number of ether oxygens (including phenoxy) is 1. The molecule has 0 aliphatic carbocycles. The van der Waals surface area contributed by atoms with E-state index in [0.717, 1.165) is 11.1 Å². The molecule has 0 radical (unpaired) electrons. The van der Waals surface area contributed by atoms with Crippen molar-refractivity contribution in [1.29, 1.82) is 0 Å². The van der Waals surface area contributed by atoms with E-state index < -0.39 is 0 Å². The minimum atomic E-state index is -0.363. The summed E-state index contributed by atoms with van der Waals surface area (Å²) in [5.74, 6) is 0.717. The number of hydrogen-bond donors (Lipinski definition) is 0. The van der Waals surface area contributed by atoms with E-state index in [1.54, 1.807) is 30.3 Å². The van der Waals surface area contributed by atoms with Gasteiger partial charge in [0.15, 0.2) is 11.6 Å². The van der Waals surface area contributed by atoms with Gasteiger partial charge in [-0.05, 0) is 53.9 Å². The van der Waals surface area contributed by atoms with Crippen molar-refractivity contribution in [3.63, 3.8) is 0 Å². The number of carbonyl (C=O) groups is 1. The van der Waals surface area contributed by atoms with Crippen molar-refractivity contribution in [3.8, 4) is 11.5 Å². The maximum atomic E-state index is 13.4. The van der Waals surface area contributed by atoms with Gasteiger partial charge in [-0.15, -0.1) is 0 Å². The molecule has 0 bridgehead atoms. The van der Waals surface area contributed by atoms with E-state index in [4.69, 9.17) is 9.53 Å². The van der Waals surface area contributed by atoms with Crippen molar-refractivity contribution < 1.29 is 13.9 Å². The number of carbonyl (C=O) groups excluding carboxylic acids is 1. The number of halogens is 2. The summed E-state index contributed by atoms with van der Waals surface area (Å²) in [4.78, 5) is 8.57. The van der Waals surface area contributed by atoms with Crippen LogP contribution in [0.25, 0.3) is 6.08 Å². The maximum Gasteiger partial charge on any atom is 0.208 e. The third-order valence-corrected chi connectivity index (χ3v) is 2.53. The van der Waals surface area contributed by atoms with Gasteiger partial charge >= 0.3 is 0 Å². The van der Waals surface area contributed by atoms with Gasteiger partial charge in [-0.1, -0.05) is 30.9 Å². The summed E-state index contributed by atoms with van der Waals surface area (Å²) < 4.78 is 18.9. The van der Waals surface area contributed by atoms with Crippen molar-refractivity contribution in [2.75, 3.05) is 0 Å². The second-order valence-corrected chi connectivity index (χ2v) is 4.02. The number of aryl methyl sites for hydroxylation is 1. The molecule has 2 aromatic rings. The normalized spacial score (nSPS) is 9.15. The summed E-state index contributed by atoms with van der Waals surface area (Å²) >= 11 is 4.32. The molecule has 0 spiro atoms. The highest BCUT2D eigenvalue weighted by Gasteiger charge is 2.04. The maximum absolute atomic E-state index is 13.4. The molecule has 2 rings (SSSR count). The van der Waals surface area contributed by atoms with Gasteiger partial charge < -0.3 is 4.74 Å². The van der Waals surface area contributed by atoms with Crippen LogP contribution in [0.3, 0.4) is 0 Å². The average Bonchev–Trinajstić information content (AvgIpc) is 2.42. The van der Waals surface area contributed by atoms with Crippen LogP contribution in [0.1, 0.15) is 11.1 Å². The zero-order valence-electron chi connectivity index (χ0n) is 11.0. The number of para-hydroxylation sites is 1. The summed E-state index contributed by atoms with van der Waals surface area (Å²) in [5.41, 5.74) is 2.10. The lowest BCUT2D eigenvalue weighted by Crippen LogP contribution is -1.89. The average molecular weight is 293 g/mol. The lowest BCUT2D eigenvalue weighted by molar-refractivity contribution is 0.442. The largest absolute Gasteiger partial charge is 0.454 e. The van der Waals surface area contributed by atoms with Crippen LogP contribution in [0.5, 0.6) is 11.5 Å². The molecule has 0 aliphatic rings. The zero-order valence-corrected chi connectivity index (χ0v) is 11.7. The third-order valence-electron chi connectivity index (χ3n) is 2.53. The molecule has 0 amide bonds. The second-order valence-electron chi connectivity index (χ2n) is 3.84. The first-order valence-electron chi connectivity index (χ1n) is 5.81. The predicted octanol–water partition coefficient (Wildman–Crippen LogP) is 4.98. The summed E-state index contributed by atoms with van der Waals surface area (Å²) in [6.45, 7) is 5.68. The Hall–Kier alpha value is -2.13. The van der Waals surface area contributed by atoms with Gasteiger partial charge in [-0.2, -0.15) is 0 Å². The third kappa shape index (κ3) is 4.52. The van der Waals surface area contributed by atoms with Crippen molar-refractivity contribution in [3.05, 3.63) is 66.0 Å². The van der Waals surface area contributed by atoms with Crippen LogP contribution in [0.4, 0.5) is 4.39 Å². The van der Waals surface area contributed by atoms with Crippen LogP contribution >= 0.6 is 11.6 Å². The first-order valence-corrected chi connectivity index (χ1v) is 6.25. The Morgan fingerprint density at radius 1 is 1.25 bits per heavy atom. The van der Waals surface area contributed by atoms with E-state index in [-0.39, 0.29) is 17.3 Å². The number of rotatable bonds is 3. The fourth-order valence-electron chi connectivity index (χ4n) is 1.60. The molecule has 104 valence electrons. The van der Waals surface area contributed by atoms with E-state index in [1.807, 2.05) is 19.1 Å². The molecule has 2 aromatic carbocycles. The van der Waals surface area contributed by atoms with E-state index in [2.05, 4.69) is 18.2 Å². The molecule has 0 fully saturated rings. The Bertz CT molecular complexity index is 597. The molecule has 4 heteroatoms. The predicted molar refractivity (Wildman–Crippen MR) is 80.3 cm³/mol. The number of benzene rings is 2. The number of hydrogen-bond acceptors (Lipinski definition) is 2. The second kappa shape index (κ2) is 8.12. The van der Waals surface area contributed by atoms with E-state index in [1.165, 1.54) is 6.07 Å². The molecule has 0 N–H and O–H groups in total. The lowest BCUT2D eigenvalue weighted by atomic mass is 10.1. The van der Waals surface area contributed by atoms with Crippen LogP contribution in [0.2, 0.25) is 0 Å². The van der Waals surface area contributed by atoms with Crippen LogP contribution in [-0.4, -0.2) is 5.75 Å². The van der Waals surface area contributed by atoms with Crippen LogP contribution in [0, 0.1) is 12.7 Å². The molecular formula is C16H14ClFO2. The van der Waals surface area contributed by atoms with Gasteiger partial charge in [0.2, 0.25) is 5.75 Å². The SMILES string of the molecule is C=Cc1ccc(Oc2ccccc2F)cc1C.O=CCl. The van der Waals surface area contributed by atoms with E-state index >= 15 is 0 Å². The highest BCUT2D eigenvalue weighted by atomic mass is 35.5. The smallest absolute Gasteiger partial charge is 0.208 e. The molecule has 0 aliphatic heterocycles. The van der Waals surface area contributed by atoms with E-state index in [0.29, 0.717) is 5.75 Å². The van der Waals surface area contributed by atoms with Crippen LogP contribution in [-0.2, 0) is 4.79 Å². The Balaban J connectivity index is 0.000000612. The molecule has 0 unspecified atom stereocenters. The van der Waals surface area contributed by atoms with Crippen molar-refractivity contribution >= 4 is 23.4 Å². The summed E-state index contributed by atoms with van der Waals surface area (Å²) in [7, 11) is 0. The Kier molecular flexibility index (Phi) is 6.47. The summed E-state index contributed by atoms with van der Waals surface area (Å²) in [6.07, 6.45) is 1.78. The molecule has 0 saturated carbocycles. The highest BCUT2D eigenvalue weighted by molar-refractivity contribution is 6.54. The van der Waals surface area contributed by atoms with Gasteiger partial charge in [-0.25, -0.2) is 4.39 Å². The van der Waals surface area contributed by atoms with Gasteiger partial charge in [0.05, 0.1) is 0 Å². The van der Waals surface area contributed by atoms with Gasteiger partial charge in [0.25, 0.3) is 0 Å². The van der Waals surface area contributed by atoms with Crippen molar-refractivity contribution in [2.45, 2.75) is 6.92 Å². The minimum absolute atomic E-state index is 0.222. The lowest BCUT2D eigenvalue weighted by Gasteiger charge is -2.08. The Morgan fingerprint density at radius 2 is 1.90 bits per heavy atom. The van der Waals surface area contributed by atoms with Gasteiger partial charge in [0.1, 0.15) is 5.75 Å². The zero-order chi connectivity index (χ0) is 15.0. The molecule has 0 aromatic heterocycles. The standard InChI is InChI=1S/C15H13FO.CHClO/c1-3-12-8-9-13(10-11(12)2)17-15-7-5-4-6-14(15)16;2-1-3/h3-10H,1H2,2H3;1H. The minimum Gasteiger partial charge on any atom is -0.454 e. The topological polar surface area (TPSA) is 26.3 Å². The molecule has 0 saturated heterocycles. The van der Waals surface area contributed by atoms with Crippen LogP contribution in [0.15, 0.2) is 49.0 Å². The monoisotopic (exact) mass is 292 g/mol. The highest BCUT2D eigenvalue weighted by Crippen LogP contribution is 2.26. The fraction of sp³-hybridized carbons (Fsp3) is 0.0625. The first-order chi connectivity index (χ1) is 9.62. The first kappa shape index (κ1) is 15.9. The van der Waals surface area contributed by atoms with Crippen molar-refractivity contribution in [1.82, 2.24) is 0 Å².